The highest BCUT2D eigenvalue weighted by Gasteiger charge is 2.14. The number of nitrogens with one attached hydrogen (secondary N) is 1. The highest BCUT2D eigenvalue weighted by Crippen LogP contribution is 2.24. The van der Waals surface area contributed by atoms with Crippen LogP contribution in [0.5, 0.6) is 0 Å². The van der Waals surface area contributed by atoms with Gasteiger partial charge in [-0.3, -0.25) is 4.98 Å². The summed E-state index contributed by atoms with van der Waals surface area (Å²) < 4.78 is 7.20. The Morgan fingerprint density at radius 2 is 1.68 bits per heavy atom. The van der Waals surface area contributed by atoms with Gasteiger partial charge in [-0.15, -0.1) is 5.10 Å². The lowest BCUT2D eigenvalue weighted by Crippen LogP contribution is -2.36. The number of aryl methyl sites for hydroxylation is 1. The van der Waals surface area contributed by atoms with Crippen LogP contribution in [0.25, 0.3) is 28.3 Å². The van der Waals surface area contributed by atoms with Gasteiger partial charge in [0.1, 0.15) is 12.1 Å². The molecular formula is C27H25N9O. The molecule has 4 aromatic heterocycles. The van der Waals surface area contributed by atoms with Gasteiger partial charge in [-0.2, -0.15) is 0 Å². The molecule has 184 valence electrons. The van der Waals surface area contributed by atoms with Gasteiger partial charge in [0.2, 0.25) is 5.95 Å². The van der Waals surface area contributed by atoms with Gasteiger partial charge in [0, 0.05) is 54.2 Å². The van der Waals surface area contributed by atoms with Gasteiger partial charge in [-0.05, 0) is 61.5 Å². The van der Waals surface area contributed by atoms with Crippen LogP contribution in [0.15, 0.2) is 79.5 Å². The molecule has 1 aliphatic rings. The second kappa shape index (κ2) is 10.1. The normalized spacial score (nSPS) is 13.5. The van der Waals surface area contributed by atoms with E-state index in [1.165, 1.54) is 0 Å². The van der Waals surface area contributed by atoms with Crippen molar-refractivity contribution in [1.29, 1.82) is 0 Å². The van der Waals surface area contributed by atoms with Gasteiger partial charge in [-0.1, -0.05) is 0 Å². The Bertz CT molecular complexity index is 1490. The number of anilines is 3. The molecule has 1 aromatic carbocycles. The van der Waals surface area contributed by atoms with E-state index in [0.717, 1.165) is 52.8 Å². The molecule has 0 spiro atoms. The van der Waals surface area contributed by atoms with Crippen LogP contribution in [0.2, 0.25) is 0 Å². The number of hydrogen-bond acceptors (Lipinski definition) is 9. The third kappa shape index (κ3) is 5.14. The maximum Gasteiger partial charge on any atom is 0.227 e. The summed E-state index contributed by atoms with van der Waals surface area (Å²) >= 11 is 0. The molecule has 6 rings (SSSR count). The summed E-state index contributed by atoms with van der Waals surface area (Å²) in [5.74, 6) is 2.08. The predicted octanol–water partition coefficient (Wildman–Crippen LogP) is 4.07. The minimum atomic E-state index is 0.518. The smallest absolute Gasteiger partial charge is 0.227 e. The second-order valence-electron chi connectivity index (χ2n) is 8.64. The molecule has 10 heteroatoms. The molecule has 5 aromatic rings. The van der Waals surface area contributed by atoms with Crippen LogP contribution in [-0.2, 0) is 4.74 Å². The van der Waals surface area contributed by atoms with E-state index in [2.05, 4.69) is 41.3 Å². The van der Waals surface area contributed by atoms with Gasteiger partial charge in [0.15, 0.2) is 5.82 Å². The lowest BCUT2D eigenvalue weighted by Gasteiger charge is -2.27. The van der Waals surface area contributed by atoms with Crippen molar-refractivity contribution < 1.29 is 4.74 Å². The van der Waals surface area contributed by atoms with Crippen molar-refractivity contribution in [2.75, 3.05) is 36.5 Å². The van der Waals surface area contributed by atoms with Gasteiger partial charge in [0.25, 0.3) is 0 Å². The molecule has 0 amide bonds. The van der Waals surface area contributed by atoms with E-state index in [0.29, 0.717) is 25.0 Å². The zero-order valence-electron chi connectivity index (χ0n) is 20.3. The maximum atomic E-state index is 5.46. The molecule has 0 radical (unpaired) electrons. The van der Waals surface area contributed by atoms with E-state index in [9.17, 15) is 0 Å². The zero-order chi connectivity index (χ0) is 25.0. The van der Waals surface area contributed by atoms with Crippen LogP contribution in [0, 0.1) is 6.92 Å². The van der Waals surface area contributed by atoms with E-state index >= 15 is 0 Å². The molecule has 0 bridgehead atoms. The van der Waals surface area contributed by atoms with Gasteiger partial charge in [-0.25, -0.2) is 24.6 Å². The zero-order valence-corrected chi connectivity index (χ0v) is 20.3. The summed E-state index contributed by atoms with van der Waals surface area (Å²) in [6, 6.07) is 17.7. The van der Waals surface area contributed by atoms with Crippen molar-refractivity contribution in [2.24, 2.45) is 0 Å². The SMILES string of the molecule is Cc1ccc(-c2ncn(-c3ccc(Nc4nccc(-c5ccnc(N6CCOCC6)c5)n4)cc3)n2)cn1. The second-order valence-corrected chi connectivity index (χ2v) is 8.64. The van der Waals surface area contributed by atoms with Crippen LogP contribution < -0.4 is 10.2 Å². The molecule has 0 unspecified atom stereocenters. The maximum absolute atomic E-state index is 5.46. The summed E-state index contributed by atoms with van der Waals surface area (Å²) in [5.41, 5.74) is 5.42. The molecule has 5 heterocycles. The Hall–Kier alpha value is -4.70. The number of morpholine rings is 1. The standard InChI is InChI=1S/C27H25N9O/c1-19-2-3-21(17-30-19)26-31-18-36(34-26)23-6-4-22(5-7-23)32-27-29-11-9-24(33-27)20-8-10-28-25(16-20)35-12-14-37-15-13-35/h2-11,16-18H,12-15H2,1H3,(H,29,32,33). The highest BCUT2D eigenvalue weighted by molar-refractivity contribution is 5.65. The molecule has 1 fully saturated rings. The number of aromatic nitrogens is 7. The van der Waals surface area contributed by atoms with Crippen LogP contribution in [0.1, 0.15) is 5.69 Å². The van der Waals surface area contributed by atoms with Gasteiger partial charge >= 0.3 is 0 Å². The Balaban J connectivity index is 1.16. The van der Waals surface area contributed by atoms with Crippen LogP contribution in [0.3, 0.4) is 0 Å². The summed E-state index contributed by atoms with van der Waals surface area (Å²) in [5, 5.41) is 7.87. The van der Waals surface area contributed by atoms with E-state index in [-0.39, 0.29) is 0 Å². The predicted molar refractivity (Wildman–Crippen MR) is 141 cm³/mol. The Kier molecular flexibility index (Phi) is 6.22. The summed E-state index contributed by atoms with van der Waals surface area (Å²) in [6.45, 7) is 5.06. The topological polar surface area (TPSA) is 107 Å². The number of ether oxygens (including phenoxy) is 1. The van der Waals surface area contributed by atoms with Crippen molar-refractivity contribution in [2.45, 2.75) is 6.92 Å². The third-order valence-corrected chi connectivity index (χ3v) is 6.08. The molecule has 1 N–H and O–H groups in total. The minimum Gasteiger partial charge on any atom is -0.378 e. The third-order valence-electron chi connectivity index (χ3n) is 6.08. The fraction of sp³-hybridized carbons (Fsp3) is 0.185. The number of pyridine rings is 2. The summed E-state index contributed by atoms with van der Waals surface area (Å²) in [4.78, 5) is 24.6. The molecule has 37 heavy (non-hydrogen) atoms. The highest BCUT2D eigenvalue weighted by atomic mass is 16.5. The van der Waals surface area contributed by atoms with Crippen LogP contribution >= 0.6 is 0 Å². The Labute approximate surface area is 214 Å². The van der Waals surface area contributed by atoms with E-state index < -0.39 is 0 Å². The number of rotatable bonds is 6. The molecule has 1 aliphatic heterocycles. The lowest BCUT2D eigenvalue weighted by atomic mass is 10.2. The van der Waals surface area contributed by atoms with Crippen molar-refractivity contribution in [3.8, 4) is 28.3 Å². The number of nitrogens with zero attached hydrogens (tertiary/aromatic N) is 8. The van der Waals surface area contributed by atoms with Crippen LogP contribution in [0.4, 0.5) is 17.5 Å². The summed E-state index contributed by atoms with van der Waals surface area (Å²) in [6.07, 6.45) is 7.05. The van der Waals surface area contributed by atoms with E-state index in [1.54, 1.807) is 23.4 Å². The quantitative estimate of drug-likeness (QED) is 0.376. The average Bonchev–Trinajstić information content (AvgIpc) is 3.45. The number of hydrogen-bond donors (Lipinski definition) is 1. The van der Waals surface area contributed by atoms with Crippen molar-refractivity contribution in [1.82, 2.24) is 34.7 Å². The first-order chi connectivity index (χ1) is 18.2. The molecule has 10 nitrogen and oxygen atoms in total. The molecule has 1 saturated heterocycles. The van der Waals surface area contributed by atoms with Crippen molar-refractivity contribution >= 4 is 17.5 Å². The van der Waals surface area contributed by atoms with Gasteiger partial charge < -0.3 is 15.0 Å². The van der Waals surface area contributed by atoms with Gasteiger partial charge in [0.05, 0.1) is 24.6 Å². The van der Waals surface area contributed by atoms with Crippen molar-refractivity contribution in [3.05, 3.63) is 85.2 Å². The van der Waals surface area contributed by atoms with E-state index in [1.807, 2.05) is 61.7 Å². The number of benzene rings is 1. The van der Waals surface area contributed by atoms with Crippen molar-refractivity contribution in [3.63, 3.8) is 0 Å². The summed E-state index contributed by atoms with van der Waals surface area (Å²) in [7, 11) is 0. The first kappa shape index (κ1) is 22.7. The monoisotopic (exact) mass is 491 g/mol. The first-order valence-electron chi connectivity index (χ1n) is 12.1. The van der Waals surface area contributed by atoms with Crippen LogP contribution in [-0.4, -0.2) is 61.0 Å². The average molecular weight is 492 g/mol. The van der Waals surface area contributed by atoms with E-state index in [4.69, 9.17) is 9.72 Å². The first-order valence-corrected chi connectivity index (χ1v) is 12.1. The minimum absolute atomic E-state index is 0.518. The Morgan fingerprint density at radius 3 is 2.49 bits per heavy atom. The molecule has 0 atom stereocenters. The molecule has 0 saturated carbocycles. The fourth-order valence-corrected chi connectivity index (χ4v) is 4.07. The fourth-order valence-electron chi connectivity index (χ4n) is 4.07. The Morgan fingerprint density at radius 1 is 0.838 bits per heavy atom. The molecular weight excluding hydrogens is 466 g/mol. The largest absolute Gasteiger partial charge is 0.378 e. The lowest BCUT2D eigenvalue weighted by molar-refractivity contribution is 0.122. The molecule has 0 aliphatic carbocycles.